The second-order valence-corrected chi connectivity index (χ2v) is 5.41. The van der Waals surface area contributed by atoms with E-state index < -0.39 is 0 Å². The van der Waals surface area contributed by atoms with Gasteiger partial charge in [0.1, 0.15) is 12.4 Å². The zero-order chi connectivity index (χ0) is 19.6. The minimum atomic E-state index is -0.313. The van der Waals surface area contributed by atoms with Gasteiger partial charge in [-0.15, -0.1) is 0 Å². The number of carbonyl (C=O) groups is 2. The van der Waals surface area contributed by atoms with Crippen LogP contribution in [0.3, 0.4) is 0 Å². The third-order valence-corrected chi connectivity index (χ3v) is 3.52. The maximum atomic E-state index is 12.5. The first kappa shape index (κ1) is 19.8. The molecule has 0 fully saturated rings. The van der Waals surface area contributed by atoms with Gasteiger partial charge in [-0.05, 0) is 30.3 Å². The van der Waals surface area contributed by atoms with Crippen LogP contribution in [0, 0.1) is 0 Å². The number of methoxy groups -OCH3 is 1. The van der Waals surface area contributed by atoms with Crippen molar-refractivity contribution in [3.05, 3.63) is 60.7 Å². The van der Waals surface area contributed by atoms with Crippen molar-refractivity contribution in [1.29, 1.82) is 0 Å². The molecule has 2 N–H and O–H groups in total. The van der Waals surface area contributed by atoms with Gasteiger partial charge in [-0.2, -0.15) is 0 Å². The zero-order valence-electron chi connectivity index (χ0n) is 15.3. The molecule has 0 heterocycles. The van der Waals surface area contributed by atoms with Crippen molar-refractivity contribution < 1.29 is 23.8 Å². The summed E-state index contributed by atoms with van der Waals surface area (Å²) in [6.45, 7) is 3.83. The molecule has 2 amide bonds. The molecule has 0 bridgehead atoms. The third-order valence-electron chi connectivity index (χ3n) is 3.52. The fraction of sp³-hybridized carbons (Fsp3) is 0.200. The third kappa shape index (κ3) is 5.78. The molecule has 0 aromatic heterocycles. The molecule has 0 saturated heterocycles. The first-order valence-electron chi connectivity index (χ1n) is 8.24. The standard InChI is InChI=1S/C20H22N2O5/c1-4-10-26-17-9-8-14(11-18(17)25-3)20(24)22-15-6-5-7-16(12-15)27-13-19(23)21-2/h4-9,11-12H,1,10,13H2,2-3H3,(H,21,23)(H,22,24). The second kappa shape index (κ2) is 9.86. The normalized spacial score (nSPS) is 9.85. The van der Waals surface area contributed by atoms with E-state index in [-0.39, 0.29) is 18.4 Å². The lowest BCUT2D eigenvalue weighted by Crippen LogP contribution is -2.24. The molecular formula is C20H22N2O5. The van der Waals surface area contributed by atoms with Gasteiger partial charge in [-0.3, -0.25) is 9.59 Å². The summed E-state index contributed by atoms with van der Waals surface area (Å²) in [7, 11) is 3.04. The van der Waals surface area contributed by atoms with E-state index in [1.165, 1.54) is 14.2 Å². The van der Waals surface area contributed by atoms with Gasteiger partial charge in [0.15, 0.2) is 18.1 Å². The van der Waals surface area contributed by atoms with Gasteiger partial charge in [-0.25, -0.2) is 0 Å². The van der Waals surface area contributed by atoms with Crippen LogP contribution in [0.15, 0.2) is 55.1 Å². The van der Waals surface area contributed by atoms with Gasteiger partial charge >= 0.3 is 0 Å². The maximum absolute atomic E-state index is 12.5. The van der Waals surface area contributed by atoms with Crippen LogP contribution in [-0.2, 0) is 4.79 Å². The van der Waals surface area contributed by atoms with Crippen LogP contribution < -0.4 is 24.8 Å². The Hall–Kier alpha value is -3.48. The quantitative estimate of drug-likeness (QED) is 0.663. The number of carbonyl (C=O) groups excluding carboxylic acids is 2. The Morgan fingerprint density at radius 1 is 1.11 bits per heavy atom. The van der Waals surface area contributed by atoms with Crippen molar-refractivity contribution in [2.75, 3.05) is 32.7 Å². The molecule has 0 spiro atoms. The molecule has 0 aliphatic heterocycles. The minimum absolute atomic E-state index is 0.0999. The van der Waals surface area contributed by atoms with Gasteiger partial charge in [0.2, 0.25) is 0 Å². The number of likely N-dealkylation sites (N-methyl/N-ethyl adjacent to an activating group) is 1. The molecule has 2 rings (SSSR count). The van der Waals surface area contributed by atoms with Gasteiger partial charge in [-0.1, -0.05) is 18.7 Å². The smallest absolute Gasteiger partial charge is 0.257 e. The lowest BCUT2D eigenvalue weighted by Gasteiger charge is -2.12. The van der Waals surface area contributed by atoms with E-state index in [0.29, 0.717) is 35.1 Å². The van der Waals surface area contributed by atoms with Gasteiger partial charge in [0.05, 0.1) is 7.11 Å². The average Bonchev–Trinajstić information content (AvgIpc) is 2.70. The largest absolute Gasteiger partial charge is 0.493 e. The number of rotatable bonds is 9. The molecule has 7 nitrogen and oxygen atoms in total. The van der Waals surface area contributed by atoms with Gasteiger partial charge in [0, 0.05) is 24.4 Å². The summed E-state index contributed by atoms with van der Waals surface area (Å²) in [5.74, 6) is 0.898. The molecule has 0 unspecified atom stereocenters. The summed E-state index contributed by atoms with van der Waals surface area (Å²) < 4.78 is 16.1. The number of hydrogen-bond donors (Lipinski definition) is 2. The van der Waals surface area contributed by atoms with Crippen LogP contribution in [0.25, 0.3) is 0 Å². The predicted octanol–water partition coefficient (Wildman–Crippen LogP) is 2.64. The van der Waals surface area contributed by atoms with Crippen LogP contribution in [0.1, 0.15) is 10.4 Å². The van der Waals surface area contributed by atoms with Crippen LogP contribution in [0.2, 0.25) is 0 Å². The van der Waals surface area contributed by atoms with E-state index in [1.54, 1.807) is 48.5 Å². The summed E-state index contributed by atoms with van der Waals surface area (Å²) in [4.78, 5) is 23.8. The SMILES string of the molecule is C=CCOc1ccc(C(=O)Nc2cccc(OCC(=O)NC)c2)cc1OC. The zero-order valence-corrected chi connectivity index (χ0v) is 15.3. The Morgan fingerprint density at radius 2 is 1.93 bits per heavy atom. The molecular weight excluding hydrogens is 348 g/mol. The molecule has 0 aliphatic rings. The fourth-order valence-electron chi connectivity index (χ4n) is 2.16. The number of hydrogen-bond acceptors (Lipinski definition) is 5. The van der Waals surface area contributed by atoms with E-state index in [2.05, 4.69) is 17.2 Å². The van der Waals surface area contributed by atoms with Crippen molar-refractivity contribution in [3.63, 3.8) is 0 Å². The van der Waals surface area contributed by atoms with Crippen LogP contribution in [0.4, 0.5) is 5.69 Å². The van der Waals surface area contributed by atoms with E-state index in [0.717, 1.165) is 0 Å². The summed E-state index contributed by atoms with van der Waals surface area (Å²) in [5, 5.41) is 5.25. The van der Waals surface area contributed by atoms with Crippen molar-refractivity contribution in [2.24, 2.45) is 0 Å². The first-order chi connectivity index (χ1) is 13.1. The number of amides is 2. The fourth-order valence-corrected chi connectivity index (χ4v) is 2.16. The van der Waals surface area contributed by atoms with E-state index >= 15 is 0 Å². The van der Waals surface area contributed by atoms with Gasteiger partial charge < -0.3 is 24.8 Å². The molecule has 0 saturated carbocycles. The molecule has 7 heteroatoms. The molecule has 142 valence electrons. The van der Waals surface area contributed by atoms with Crippen molar-refractivity contribution >= 4 is 17.5 Å². The molecule has 0 aliphatic carbocycles. The Morgan fingerprint density at radius 3 is 2.63 bits per heavy atom. The van der Waals surface area contributed by atoms with Crippen LogP contribution in [-0.4, -0.2) is 39.2 Å². The first-order valence-corrected chi connectivity index (χ1v) is 8.24. The van der Waals surface area contributed by atoms with E-state index in [9.17, 15) is 9.59 Å². The average molecular weight is 370 g/mol. The minimum Gasteiger partial charge on any atom is -0.493 e. The summed E-state index contributed by atoms with van der Waals surface area (Å²) in [5.41, 5.74) is 0.954. The summed E-state index contributed by atoms with van der Waals surface area (Å²) in [6.07, 6.45) is 1.62. The molecule has 0 atom stereocenters. The van der Waals surface area contributed by atoms with Crippen LogP contribution >= 0.6 is 0 Å². The summed E-state index contributed by atoms with van der Waals surface area (Å²) in [6, 6.07) is 11.7. The summed E-state index contributed by atoms with van der Waals surface area (Å²) >= 11 is 0. The molecule has 0 radical (unpaired) electrons. The highest BCUT2D eigenvalue weighted by Gasteiger charge is 2.12. The molecule has 2 aromatic rings. The highest BCUT2D eigenvalue weighted by molar-refractivity contribution is 6.04. The Labute approximate surface area is 157 Å². The monoisotopic (exact) mass is 370 g/mol. The topological polar surface area (TPSA) is 85.9 Å². The second-order valence-electron chi connectivity index (χ2n) is 5.41. The van der Waals surface area contributed by atoms with Gasteiger partial charge in [0.25, 0.3) is 11.8 Å². The van der Waals surface area contributed by atoms with E-state index in [4.69, 9.17) is 14.2 Å². The number of nitrogens with one attached hydrogen (secondary N) is 2. The highest BCUT2D eigenvalue weighted by Crippen LogP contribution is 2.28. The number of anilines is 1. The lowest BCUT2D eigenvalue weighted by atomic mass is 10.1. The highest BCUT2D eigenvalue weighted by atomic mass is 16.5. The van der Waals surface area contributed by atoms with Crippen molar-refractivity contribution in [2.45, 2.75) is 0 Å². The molecule has 27 heavy (non-hydrogen) atoms. The maximum Gasteiger partial charge on any atom is 0.257 e. The number of ether oxygens (including phenoxy) is 3. The predicted molar refractivity (Wildman–Crippen MR) is 103 cm³/mol. The lowest BCUT2D eigenvalue weighted by molar-refractivity contribution is -0.122. The Bertz CT molecular complexity index is 820. The molecule has 2 aromatic carbocycles. The van der Waals surface area contributed by atoms with E-state index in [1.807, 2.05) is 0 Å². The Balaban J connectivity index is 2.08. The van der Waals surface area contributed by atoms with Crippen LogP contribution in [0.5, 0.6) is 17.2 Å². The number of benzene rings is 2. The van der Waals surface area contributed by atoms with Crippen molar-refractivity contribution in [3.8, 4) is 17.2 Å². The van der Waals surface area contributed by atoms with Crippen molar-refractivity contribution in [1.82, 2.24) is 5.32 Å². The Kier molecular flexibility index (Phi) is 7.25.